The molecule has 0 radical (unpaired) electrons. The number of piperazine rings is 1. The van der Waals surface area contributed by atoms with Gasteiger partial charge < -0.3 is 19.5 Å². The molecular weight excluding hydrogens is 302 g/mol. The van der Waals surface area contributed by atoms with Crippen molar-refractivity contribution in [2.24, 2.45) is 0 Å². The minimum absolute atomic E-state index is 0.0916. The van der Waals surface area contributed by atoms with Gasteiger partial charge in [0.25, 0.3) is 0 Å². The maximum atomic E-state index is 11.6. The number of anilines is 1. The highest BCUT2D eigenvalue weighted by atomic mass is 16.3. The topological polar surface area (TPSA) is 49.9 Å². The Kier molecular flexibility index (Phi) is 5.54. The Labute approximate surface area is 143 Å². The minimum Gasteiger partial charge on any atom is -0.463 e. The number of hydrogen-bond donors (Lipinski definition) is 2. The summed E-state index contributed by atoms with van der Waals surface area (Å²) in [7, 11) is 0. The molecule has 0 spiro atoms. The predicted molar refractivity (Wildman–Crippen MR) is 94.1 cm³/mol. The molecule has 2 N–H and O–H groups in total. The van der Waals surface area contributed by atoms with E-state index in [4.69, 9.17) is 4.42 Å². The van der Waals surface area contributed by atoms with Gasteiger partial charge in [0, 0.05) is 12.1 Å². The van der Waals surface area contributed by atoms with Crippen LogP contribution in [-0.2, 0) is 4.79 Å². The highest BCUT2D eigenvalue weighted by molar-refractivity contribution is 5.75. The van der Waals surface area contributed by atoms with E-state index in [0.29, 0.717) is 13.0 Å². The van der Waals surface area contributed by atoms with Crippen molar-refractivity contribution in [2.75, 3.05) is 37.6 Å². The molecule has 128 valence electrons. The molecule has 1 aromatic carbocycles. The van der Waals surface area contributed by atoms with Gasteiger partial charge in [-0.3, -0.25) is 4.79 Å². The van der Waals surface area contributed by atoms with E-state index in [-0.39, 0.29) is 11.9 Å². The molecule has 1 atom stereocenters. The first-order valence-electron chi connectivity index (χ1n) is 8.72. The van der Waals surface area contributed by atoms with Crippen LogP contribution in [0, 0.1) is 0 Å². The quantitative estimate of drug-likeness (QED) is 0.839. The standard InChI is InChI=1S/C19H25N3O2/c1-2-19(23)20-15-17(18-9-6-14-24-18)22-12-10-21(11-13-22)16-7-4-3-5-8-16/h3-9,14,17H,2,10-13,15H2,1H3,(H,20,23)/p+1/t17-/m0/s1. The van der Waals surface area contributed by atoms with Gasteiger partial charge in [-0.1, -0.05) is 25.1 Å². The van der Waals surface area contributed by atoms with Crippen molar-refractivity contribution in [3.63, 3.8) is 0 Å². The van der Waals surface area contributed by atoms with Gasteiger partial charge >= 0.3 is 0 Å². The summed E-state index contributed by atoms with van der Waals surface area (Å²) in [5.74, 6) is 1.04. The van der Waals surface area contributed by atoms with Gasteiger partial charge in [-0.25, -0.2) is 0 Å². The lowest BCUT2D eigenvalue weighted by Gasteiger charge is -2.37. The Morgan fingerprint density at radius 3 is 2.58 bits per heavy atom. The van der Waals surface area contributed by atoms with Crippen molar-refractivity contribution in [3.05, 3.63) is 54.5 Å². The fourth-order valence-electron chi connectivity index (χ4n) is 3.32. The molecule has 5 nitrogen and oxygen atoms in total. The molecule has 2 aromatic rings. The maximum absolute atomic E-state index is 11.6. The number of rotatable bonds is 6. The lowest BCUT2D eigenvalue weighted by molar-refractivity contribution is -0.932. The number of benzene rings is 1. The Hall–Kier alpha value is -2.27. The van der Waals surface area contributed by atoms with Crippen molar-refractivity contribution in [2.45, 2.75) is 19.4 Å². The number of furan rings is 1. The largest absolute Gasteiger partial charge is 0.463 e. The zero-order chi connectivity index (χ0) is 16.8. The second-order valence-corrected chi connectivity index (χ2v) is 6.21. The van der Waals surface area contributed by atoms with E-state index in [1.807, 2.05) is 25.1 Å². The van der Waals surface area contributed by atoms with Crippen LogP contribution in [0.25, 0.3) is 0 Å². The molecule has 1 fully saturated rings. The Balaban J connectivity index is 1.63. The predicted octanol–water partition coefficient (Wildman–Crippen LogP) is 1.25. The van der Waals surface area contributed by atoms with Crippen LogP contribution >= 0.6 is 0 Å². The molecule has 0 unspecified atom stereocenters. The van der Waals surface area contributed by atoms with E-state index >= 15 is 0 Å². The molecule has 3 rings (SSSR count). The lowest BCUT2D eigenvalue weighted by Crippen LogP contribution is -3.15. The zero-order valence-corrected chi connectivity index (χ0v) is 14.2. The van der Waals surface area contributed by atoms with Gasteiger partial charge in [0.1, 0.15) is 0 Å². The van der Waals surface area contributed by atoms with E-state index < -0.39 is 0 Å². The van der Waals surface area contributed by atoms with E-state index in [1.165, 1.54) is 10.6 Å². The van der Waals surface area contributed by atoms with Crippen LogP contribution in [-0.4, -0.2) is 38.6 Å². The summed E-state index contributed by atoms with van der Waals surface area (Å²) in [6, 6.07) is 14.7. The summed E-state index contributed by atoms with van der Waals surface area (Å²) in [6.07, 6.45) is 2.23. The SMILES string of the molecule is CCC(=O)NC[C@@H](c1ccco1)[NH+]1CCN(c2ccccc2)CC1. The summed E-state index contributed by atoms with van der Waals surface area (Å²) < 4.78 is 5.64. The van der Waals surface area contributed by atoms with Crippen molar-refractivity contribution in [3.8, 4) is 0 Å². The summed E-state index contributed by atoms with van der Waals surface area (Å²) in [5, 5.41) is 3.03. The first-order chi connectivity index (χ1) is 11.8. The van der Waals surface area contributed by atoms with Crippen LogP contribution in [0.2, 0.25) is 0 Å². The minimum atomic E-state index is 0.0916. The molecule has 0 aliphatic carbocycles. The second-order valence-electron chi connectivity index (χ2n) is 6.21. The number of carbonyl (C=O) groups excluding carboxylic acids is 1. The van der Waals surface area contributed by atoms with Gasteiger partial charge in [0.15, 0.2) is 11.8 Å². The third kappa shape index (κ3) is 3.97. The molecule has 1 aromatic heterocycles. The number of nitrogens with zero attached hydrogens (tertiary/aromatic N) is 1. The second kappa shape index (κ2) is 8.02. The molecular formula is C19H26N3O2+. The molecule has 1 amide bonds. The molecule has 2 heterocycles. The third-order valence-corrected chi connectivity index (χ3v) is 4.73. The Bertz CT molecular complexity index is 619. The Morgan fingerprint density at radius 1 is 1.21 bits per heavy atom. The van der Waals surface area contributed by atoms with Gasteiger partial charge in [-0.2, -0.15) is 0 Å². The number of quaternary nitrogens is 1. The number of amides is 1. The lowest BCUT2D eigenvalue weighted by atomic mass is 10.1. The van der Waals surface area contributed by atoms with Crippen LogP contribution in [0.15, 0.2) is 53.1 Å². The zero-order valence-electron chi connectivity index (χ0n) is 14.2. The summed E-state index contributed by atoms with van der Waals surface area (Å²) in [6.45, 7) is 6.59. The van der Waals surface area contributed by atoms with Gasteiger partial charge in [-0.15, -0.1) is 0 Å². The van der Waals surface area contributed by atoms with E-state index in [1.54, 1.807) is 6.26 Å². The molecule has 1 aliphatic heterocycles. The van der Waals surface area contributed by atoms with E-state index in [0.717, 1.165) is 31.9 Å². The van der Waals surface area contributed by atoms with E-state index in [9.17, 15) is 4.79 Å². The maximum Gasteiger partial charge on any atom is 0.219 e. The van der Waals surface area contributed by atoms with Crippen LogP contribution in [0.1, 0.15) is 25.1 Å². The summed E-state index contributed by atoms with van der Waals surface area (Å²) >= 11 is 0. The molecule has 24 heavy (non-hydrogen) atoms. The van der Waals surface area contributed by atoms with Crippen molar-refractivity contribution in [1.82, 2.24) is 5.32 Å². The highest BCUT2D eigenvalue weighted by Crippen LogP contribution is 2.14. The van der Waals surface area contributed by atoms with Gasteiger partial charge in [0.2, 0.25) is 5.91 Å². The van der Waals surface area contributed by atoms with Crippen molar-refractivity contribution >= 4 is 11.6 Å². The van der Waals surface area contributed by atoms with Gasteiger partial charge in [-0.05, 0) is 24.3 Å². The number of hydrogen-bond acceptors (Lipinski definition) is 3. The third-order valence-electron chi connectivity index (χ3n) is 4.73. The molecule has 1 aliphatic rings. The summed E-state index contributed by atoms with van der Waals surface area (Å²) in [5.41, 5.74) is 1.28. The monoisotopic (exact) mass is 328 g/mol. The number of nitrogens with one attached hydrogen (secondary N) is 2. The van der Waals surface area contributed by atoms with Crippen LogP contribution in [0.3, 0.4) is 0 Å². The first kappa shape index (κ1) is 16.6. The fraction of sp³-hybridized carbons (Fsp3) is 0.421. The van der Waals surface area contributed by atoms with Crippen LogP contribution in [0.5, 0.6) is 0 Å². The highest BCUT2D eigenvalue weighted by Gasteiger charge is 2.30. The van der Waals surface area contributed by atoms with Crippen molar-refractivity contribution < 1.29 is 14.1 Å². The van der Waals surface area contributed by atoms with Crippen molar-refractivity contribution in [1.29, 1.82) is 0 Å². The van der Waals surface area contributed by atoms with Crippen LogP contribution in [0.4, 0.5) is 5.69 Å². The fourth-order valence-corrected chi connectivity index (χ4v) is 3.32. The van der Waals surface area contributed by atoms with Crippen LogP contribution < -0.4 is 15.1 Å². The van der Waals surface area contributed by atoms with Gasteiger partial charge in [0.05, 0.1) is 39.0 Å². The number of carbonyl (C=O) groups is 1. The first-order valence-corrected chi connectivity index (χ1v) is 8.72. The average molecular weight is 328 g/mol. The molecule has 1 saturated heterocycles. The normalized spacial score (nSPS) is 16.8. The average Bonchev–Trinajstić information content (AvgIpc) is 3.17. The summed E-state index contributed by atoms with van der Waals surface area (Å²) in [4.78, 5) is 15.5. The van der Waals surface area contributed by atoms with E-state index in [2.05, 4.69) is 34.5 Å². The molecule has 0 saturated carbocycles. The molecule has 5 heteroatoms. The number of para-hydroxylation sites is 1. The molecule has 0 bridgehead atoms. The Morgan fingerprint density at radius 2 is 1.96 bits per heavy atom. The smallest absolute Gasteiger partial charge is 0.219 e.